The summed E-state index contributed by atoms with van der Waals surface area (Å²) in [5, 5.41) is 9.53. The van der Waals surface area contributed by atoms with Gasteiger partial charge in [0.25, 0.3) is 0 Å². The molecule has 1 N–H and O–H groups in total. The van der Waals surface area contributed by atoms with Crippen molar-refractivity contribution in [2.75, 3.05) is 13.1 Å². The van der Waals surface area contributed by atoms with Crippen LogP contribution in [0.1, 0.15) is 31.4 Å². The summed E-state index contributed by atoms with van der Waals surface area (Å²) < 4.78 is 0. The molecule has 1 aromatic rings. The SMILES string of the molecule is Cc1ccncc1CN1CCC(C(=O)O)(C(C)C)C1. The zero-order valence-corrected chi connectivity index (χ0v) is 11.9. The van der Waals surface area contributed by atoms with Crippen LogP contribution in [0.5, 0.6) is 0 Å². The lowest BCUT2D eigenvalue weighted by Crippen LogP contribution is -2.39. The normalized spacial score (nSPS) is 24.0. The van der Waals surface area contributed by atoms with E-state index in [2.05, 4.69) is 16.8 Å². The first-order valence-electron chi connectivity index (χ1n) is 6.81. The highest BCUT2D eigenvalue weighted by molar-refractivity contribution is 5.75. The third kappa shape index (κ3) is 2.63. The summed E-state index contributed by atoms with van der Waals surface area (Å²) in [5.74, 6) is -0.502. The Labute approximate surface area is 114 Å². The number of carboxylic acid groups (broad SMARTS) is 1. The van der Waals surface area contributed by atoms with E-state index in [1.807, 2.05) is 26.1 Å². The molecule has 1 saturated heterocycles. The molecule has 4 heteroatoms. The molecule has 0 saturated carbocycles. The van der Waals surface area contributed by atoms with Crippen LogP contribution in [0.15, 0.2) is 18.5 Å². The zero-order valence-electron chi connectivity index (χ0n) is 11.9. The van der Waals surface area contributed by atoms with E-state index >= 15 is 0 Å². The van der Waals surface area contributed by atoms with Crippen LogP contribution in [0.2, 0.25) is 0 Å². The molecule has 1 aliphatic rings. The average molecular weight is 262 g/mol. The van der Waals surface area contributed by atoms with Crippen LogP contribution < -0.4 is 0 Å². The monoisotopic (exact) mass is 262 g/mol. The van der Waals surface area contributed by atoms with E-state index in [1.165, 1.54) is 11.1 Å². The Bertz CT molecular complexity index is 473. The average Bonchev–Trinajstić information content (AvgIpc) is 2.77. The lowest BCUT2D eigenvalue weighted by atomic mass is 9.76. The van der Waals surface area contributed by atoms with Crippen LogP contribution in [0, 0.1) is 18.3 Å². The van der Waals surface area contributed by atoms with Gasteiger partial charge in [-0.3, -0.25) is 14.7 Å². The molecular formula is C15H22N2O2. The van der Waals surface area contributed by atoms with E-state index in [1.54, 1.807) is 6.20 Å². The summed E-state index contributed by atoms with van der Waals surface area (Å²) in [5.41, 5.74) is 1.82. The maximum absolute atomic E-state index is 11.6. The molecule has 2 rings (SSSR count). The molecule has 0 spiro atoms. The predicted molar refractivity (Wildman–Crippen MR) is 73.8 cm³/mol. The van der Waals surface area contributed by atoms with Gasteiger partial charge >= 0.3 is 5.97 Å². The Morgan fingerprint density at radius 2 is 2.32 bits per heavy atom. The van der Waals surface area contributed by atoms with Gasteiger partial charge in [-0.15, -0.1) is 0 Å². The third-order valence-electron chi connectivity index (χ3n) is 4.45. The third-order valence-corrected chi connectivity index (χ3v) is 4.45. The van der Waals surface area contributed by atoms with Gasteiger partial charge in [0, 0.05) is 25.5 Å². The highest BCUT2D eigenvalue weighted by Gasteiger charge is 2.47. The topological polar surface area (TPSA) is 53.4 Å². The molecule has 0 amide bonds. The number of hydrogen-bond acceptors (Lipinski definition) is 3. The first-order chi connectivity index (χ1) is 8.95. The zero-order chi connectivity index (χ0) is 14.0. The van der Waals surface area contributed by atoms with Crippen molar-refractivity contribution < 1.29 is 9.90 Å². The van der Waals surface area contributed by atoms with Gasteiger partial charge in [-0.1, -0.05) is 13.8 Å². The first-order valence-corrected chi connectivity index (χ1v) is 6.81. The number of aromatic nitrogens is 1. The minimum absolute atomic E-state index is 0.157. The standard InChI is InChI=1S/C15H22N2O2/c1-11(2)15(14(18)19)5-7-17(10-15)9-13-8-16-6-4-12(13)3/h4,6,8,11H,5,7,9-10H2,1-3H3,(H,18,19). The van der Waals surface area contributed by atoms with E-state index in [9.17, 15) is 9.90 Å². The van der Waals surface area contributed by atoms with Gasteiger partial charge in [0.2, 0.25) is 0 Å². The minimum atomic E-state index is -0.659. The van der Waals surface area contributed by atoms with Crippen LogP contribution in [-0.4, -0.2) is 34.0 Å². The van der Waals surface area contributed by atoms with E-state index in [0.717, 1.165) is 19.5 Å². The number of carboxylic acids is 1. The van der Waals surface area contributed by atoms with E-state index < -0.39 is 11.4 Å². The number of aryl methyl sites for hydroxylation is 1. The molecule has 19 heavy (non-hydrogen) atoms. The molecule has 1 unspecified atom stereocenters. The number of aliphatic carboxylic acids is 1. The molecule has 1 aromatic heterocycles. The highest BCUT2D eigenvalue weighted by Crippen LogP contribution is 2.38. The van der Waals surface area contributed by atoms with Gasteiger partial charge in [-0.2, -0.15) is 0 Å². The van der Waals surface area contributed by atoms with Crippen molar-refractivity contribution in [2.45, 2.75) is 33.7 Å². The fourth-order valence-corrected chi connectivity index (χ4v) is 2.85. The fraction of sp³-hybridized carbons (Fsp3) is 0.600. The van der Waals surface area contributed by atoms with E-state index in [0.29, 0.717) is 6.54 Å². The van der Waals surface area contributed by atoms with Crippen molar-refractivity contribution in [2.24, 2.45) is 11.3 Å². The summed E-state index contributed by atoms with van der Waals surface area (Å²) in [7, 11) is 0. The Morgan fingerprint density at radius 3 is 2.84 bits per heavy atom. The van der Waals surface area contributed by atoms with Gasteiger partial charge in [0.05, 0.1) is 5.41 Å². The quantitative estimate of drug-likeness (QED) is 0.904. The van der Waals surface area contributed by atoms with E-state index in [4.69, 9.17) is 0 Å². The van der Waals surface area contributed by atoms with Crippen LogP contribution in [-0.2, 0) is 11.3 Å². The summed E-state index contributed by atoms with van der Waals surface area (Å²) in [4.78, 5) is 18.0. The second-order valence-corrected chi connectivity index (χ2v) is 5.88. The molecular weight excluding hydrogens is 240 g/mol. The highest BCUT2D eigenvalue weighted by atomic mass is 16.4. The summed E-state index contributed by atoms with van der Waals surface area (Å²) in [6, 6.07) is 2.00. The number of likely N-dealkylation sites (tertiary alicyclic amines) is 1. The van der Waals surface area contributed by atoms with Crippen molar-refractivity contribution in [3.63, 3.8) is 0 Å². The summed E-state index contributed by atoms with van der Waals surface area (Å²) in [6.45, 7) is 8.36. The molecule has 1 fully saturated rings. The van der Waals surface area contributed by atoms with Crippen molar-refractivity contribution in [3.05, 3.63) is 29.6 Å². The summed E-state index contributed by atoms with van der Waals surface area (Å²) >= 11 is 0. The molecule has 1 atom stereocenters. The van der Waals surface area contributed by atoms with Gasteiger partial charge in [0.1, 0.15) is 0 Å². The van der Waals surface area contributed by atoms with Crippen molar-refractivity contribution >= 4 is 5.97 Å². The number of rotatable bonds is 4. The number of hydrogen-bond donors (Lipinski definition) is 1. The van der Waals surface area contributed by atoms with Gasteiger partial charge < -0.3 is 5.11 Å². The van der Waals surface area contributed by atoms with Gasteiger partial charge in [0.15, 0.2) is 0 Å². The molecule has 0 bridgehead atoms. The Balaban J connectivity index is 2.10. The summed E-state index contributed by atoms with van der Waals surface area (Å²) in [6.07, 6.45) is 4.41. The largest absolute Gasteiger partial charge is 0.481 e. The second-order valence-electron chi connectivity index (χ2n) is 5.88. The number of nitrogens with zero attached hydrogens (tertiary/aromatic N) is 2. The maximum atomic E-state index is 11.6. The lowest BCUT2D eigenvalue weighted by Gasteiger charge is -2.29. The Hall–Kier alpha value is -1.42. The molecule has 0 radical (unpaired) electrons. The molecule has 0 aliphatic carbocycles. The van der Waals surface area contributed by atoms with Crippen LogP contribution in [0.25, 0.3) is 0 Å². The smallest absolute Gasteiger partial charge is 0.311 e. The Kier molecular flexibility index (Phi) is 3.90. The minimum Gasteiger partial charge on any atom is -0.481 e. The van der Waals surface area contributed by atoms with Crippen molar-refractivity contribution in [1.82, 2.24) is 9.88 Å². The van der Waals surface area contributed by atoms with Crippen molar-refractivity contribution in [1.29, 1.82) is 0 Å². The molecule has 104 valence electrons. The molecule has 1 aliphatic heterocycles. The van der Waals surface area contributed by atoms with Crippen LogP contribution in [0.3, 0.4) is 0 Å². The van der Waals surface area contributed by atoms with Crippen molar-refractivity contribution in [3.8, 4) is 0 Å². The first kappa shape index (κ1) is 14.0. The number of carbonyl (C=O) groups is 1. The molecule has 0 aromatic carbocycles. The second kappa shape index (κ2) is 5.29. The van der Waals surface area contributed by atoms with E-state index in [-0.39, 0.29) is 5.92 Å². The maximum Gasteiger partial charge on any atom is 0.311 e. The predicted octanol–water partition coefficient (Wildman–Crippen LogP) is 2.32. The van der Waals surface area contributed by atoms with Crippen LogP contribution in [0.4, 0.5) is 0 Å². The molecule has 4 nitrogen and oxygen atoms in total. The lowest BCUT2D eigenvalue weighted by molar-refractivity contribution is -0.151. The Morgan fingerprint density at radius 1 is 1.58 bits per heavy atom. The van der Waals surface area contributed by atoms with Gasteiger partial charge in [-0.25, -0.2) is 0 Å². The van der Waals surface area contributed by atoms with Crippen LogP contribution >= 0.6 is 0 Å². The molecule has 2 heterocycles. The van der Waals surface area contributed by atoms with Gasteiger partial charge in [-0.05, 0) is 43.0 Å². The fourth-order valence-electron chi connectivity index (χ4n) is 2.85. The number of pyridine rings is 1.